The van der Waals surface area contributed by atoms with E-state index in [4.69, 9.17) is 0 Å². The quantitative estimate of drug-likeness (QED) is 0.736. The first-order chi connectivity index (χ1) is 13.1. The fourth-order valence-corrected chi connectivity index (χ4v) is 3.11. The van der Waals surface area contributed by atoms with Crippen LogP contribution in [0.5, 0.6) is 0 Å². The highest BCUT2D eigenvalue weighted by molar-refractivity contribution is 5.91. The fourth-order valence-electron chi connectivity index (χ4n) is 3.11. The molecule has 2 aromatic carbocycles. The van der Waals surface area contributed by atoms with Crippen LogP contribution in [0.4, 0.5) is 15.8 Å². The zero-order chi connectivity index (χ0) is 19.1. The van der Waals surface area contributed by atoms with E-state index in [0.29, 0.717) is 25.1 Å². The topological polar surface area (TPSA) is 47.6 Å². The first-order valence-corrected chi connectivity index (χ1v) is 9.39. The zero-order valence-electron chi connectivity index (χ0n) is 15.7. The molecule has 1 heterocycles. The third-order valence-corrected chi connectivity index (χ3v) is 4.82. The average molecular weight is 370 g/mol. The second-order valence-corrected chi connectivity index (χ2v) is 6.90. The summed E-state index contributed by atoms with van der Waals surface area (Å²) in [6.45, 7) is 5.10. The lowest BCUT2D eigenvalue weighted by Crippen LogP contribution is -2.44. The van der Waals surface area contributed by atoms with Crippen molar-refractivity contribution >= 4 is 17.3 Å². The number of hydrogen-bond donors (Lipinski definition) is 2. The molecule has 0 radical (unpaired) electrons. The summed E-state index contributed by atoms with van der Waals surface area (Å²) in [7, 11) is 2.14. The van der Waals surface area contributed by atoms with Crippen molar-refractivity contribution in [2.75, 3.05) is 50.0 Å². The van der Waals surface area contributed by atoms with Crippen LogP contribution in [-0.4, -0.2) is 50.6 Å². The largest absolute Gasteiger partial charge is 0.369 e. The molecule has 1 aliphatic heterocycles. The third kappa shape index (κ3) is 5.77. The Balaban J connectivity index is 1.39. The molecular weight excluding hydrogens is 343 g/mol. The second-order valence-electron chi connectivity index (χ2n) is 6.90. The number of amides is 1. The molecule has 0 bridgehead atoms. The van der Waals surface area contributed by atoms with E-state index in [1.54, 1.807) is 18.2 Å². The van der Waals surface area contributed by atoms with Crippen molar-refractivity contribution in [3.8, 4) is 0 Å². The lowest BCUT2D eigenvalue weighted by molar-refractivity contribution is -0.116. The molecule has 2 aromatic rings. The number of piperazine rings is 1. The van der Waals surface area contributed by atoms with Gasteiger partial charge in [0.1, 0.15) is 5.82 Å². The molecule has 3 rings (SSSR count). The minimum absolute atomic E-state index is 0.0524. The van der Waals surface area contributed by atoms with Gasteiger partial charge in [-0.1, -0.05) is 18.2 Å². The van der Waals surface area contributed by atoms with Crippen molar-refractivity contribution in [1.29, 1.82) is 0 Å². The second kappa shape index (κ2) is 9.48. The highest BCUT2D eigenvalue weighted by Crippen LogP contribution is 2.19. The molecule has 5 nitrogen and oxygen atoms in total. The molecule has 6 heteroatoms. The summed E-state index contributed by atoms with van der Waals surface area (Å²) in [4.78, 5) is 16.8. The summed E-state index contributed by atoms with van der Waals surface area (Å²) in [6, 6.07) is 14.6. The van der Waals surface area contributed by atoms with Crippen molar-refractivity contribution in [2.45, 2.75) is 13.0 Å². The van der Waals surface area contributed by atoms with E-state index >= 15 is 0 Å². The summed E-state index contributed by atoms with van der Waals surface area (Å²) in [6.07, 6.45) is 0.342. The molecular formula is C21H27FN4O. The summed E-state index contributed by atoms with van der Waals surface area (Å²) in [5.74, 6) is -0.279. The number of hydrogen-bond acceptors (Lipinski definition) is 4. The number of benzene rings is 2. The van der Waals surface area contributed by atoms with Crippen LogP contribution in [0.1, 0.15) is 12.0 Å². The molecule has 144 valence electrons. The standard InChI is InChI=1S/C21H27FN4O/c1-25-12-14-26(15-13-25)19-8-6-18(7-9-19)24-21(27)10-11-23-16-17-4-2-3-5-20(17)22/h2-9,23H,10-16H2,1H3,(H,24,27). The number of rotatable bonds is 7. The Hall–Kier alpha value is -2.44. The Morgan fingerprint density at radius 1 is 1.04 bits per heavy atom. The molecule has 0 saturated carbocycles. The number of carbonyl (C=O) groups is 1. The van der Waals surface area contributed by atoms with Crippen LogP contribution in [0, 0.1) is 5.82 Å². The van der Waals surface area contributed by atoms with Crippen LogP contribution in [-0.2, 0) is 11.3 Å². The molecule has 0 spiro atoms. The van der Waals surface area contributed by atoms with Crippen molar-refractivity contribution in [3.05, 3.63) is 59.9 Å². The van der Waals surface area contributed by atoms with Crippen LogP contribution < -0.4 is 15.5 Å². The Morgan fingerprint density at radius 2 is 1.74 bits per heavy atom. The fraction of sp³-hybridized carbons (Fsp3) is 0.381. The number of likely N-dealkylation sites (N-methyl/N-ethyl adjacent to an activating group) is 1. The van der Waals surface area contributed by atoms with Gasteiger partial charge in [0.2, 0.25) is 5.91 Å². The third-order valence-electron chi connectivity index (χ3n) is 4.82. The van der Waals surface area contributed by atoms with Gasteiger partial charge in [-0.15, -0.1) is 0 Å². The van der Waals surface area contributed by atoms with E-state index in [-0.39, 0.29) is 11.7 Å². The van der Waals surface area contributed by atoms with Gasteiger partial charge in [0, 0.05) is 62.6 Å². The molecule has 0 aliphatic carbocycles. The Morgan fingerprint density at radius 3 is 2.44 bits per heavy atom. The van der Waals surface area contributed by atoms with Crippen molar-refractivity contribution < 1.29 is 9.18 Å². The van der Waals surface area contributed by atoms with Crippen LogP contribution >= 0.6 is 0 Å². The average Bonchev–Trinajstić information content (AvgIpc) is 2.68. The van der Waals surface area contributed by atoms with E-state index in [9.17, 15) is 9.18 Å². The van der Waals surface area contributed by atoms with E-state index in [2.05, 4.69) is 39.6 Å². The summed E-state index contributed by atoms with van der Waals surface area (Å²) >= 11 is 0. The lowest BCUT2D eigenvalue weighted by atomic mass is 10.2. The van der Waals surface area contributed by atoms with E-state index < -0.39 is 0 Å². The summed E-state index contributed by atoms with van der Waals surface area (Å²) in [5.41, 5.74) is 2.59. The molecule has 1 aliphatic rings. The van der Waals surface area contributed by atoms with Gasteiger partial charge in [-0.3, -0.25) is 4.79 Å². The van der Waals surface area contributed by atoms with Crippen molar-refractivity contribution in [1.82, 2.24) is 10.2 Å². The number of anilines is 2. The molecule has 27 heavy (non-hydrogen) atoms. The van der Waals surface area contributed by atoms with Crippen LogP contribution in [0.3, 0.4) is 0 Å². The van der Waals surface area contributed by atoms with Crippen LogP contribution in [0.15, 0.2) is 48.5 Å². The predicted molar refractivity (Wildman–Crippen MR) is 108 cm³/mol. The van der Waals surface area contributed by atoms with Gasteiger partial charge in [0.05, 0.1) is 0 Å². The maximum atomic E-state index is 13.5. The number of nitrogens with zero attached hydrogens (tertiary/aromatic N) is 2. The highest BCUT2D eigenvalue weighted by Gasteiger charge is 2.14. The van der Waals surface area contributed by atoms with Gasteiger partial charge >= 0.3 is 0 Å². The van der Waals surface area contributed by atoms with Gasteiger partial charge in [-0.25, -0.2) is 4.39 Å². The van der Waals surface area contributed by atoms with Crippen molar-refractivity contribution in [2.24, 2.45) is 0 Å². The summed E-state index contributed by atoms with van der Waals surface area (Å²) in [5, 5.41) is 6.01. The van der Waals surface area contributed by atoms with Crippen LogP contribution in [0.25, 0.3) is 0 Å². The van der Waals surface area contributed by atoms with Gasteiger partial charge < -0.3 is 20.4 Å². The maximum Gasteiger partial charge on any atom is 0.225 e. The number of carbonyl (C=O) groups excluding carboxylic acids is 1. The first-order valence-electron chi connectivity index (χ1n) is 9.39. The van der Waals surface area contributed by atoms with Crippen LogP contribution in [0.2, 0.25) is 0 Å². The molecule has 1 saturated heterocycles. The van der Waals surface area contributed by atoms with Gasteiger partial charge in [0.25, 0.3) is 0 Å². The van der Waals surface area contributed by atoms with Gasteiger partial charge in [-0.2, -0.15) is 0 Å². The monoisotopic (exact) mass is 370 g/mol. The van der Waals surface area contributed by atoms with E-state index in [1.165, 1.54) is 11.8 Å². The van der Waals surface area contributed by atoms with E-state index in [1.807, 2.05) is 12.1 Å². The molecule has 1 amide bonds. The zero-order valence-corrected chi connectivity index (χ0v) is 15.7. The highest BCUT2D eigenvalue weighted by atomic mass is 19.1. The molecule has 2 N–H and O–H groups in total. The van der Waals surface area contributed by atoms with Gasteiger partial charge in [0.15, 0.2) is 0 Å². The molecule has 0 atom stereocenters. The first kappa shape index (κ1) is 19.3. The minimum Gasteiger partial charge on any atom is -0.369 e. The Bertz CT molecular complexity index is 742. The normalized spacial score (nSPS) is 15.0. The van der Waals surface area contributed by atoms with E-state index in [0.717, 1.165) is 31.9 Å². The summed E-state index contributed by atoms with van der Waals surface area (Å²) < 4.78 is 13.5. The molecule has 0 aromatic heterocycles. The van der Waals surface area contributed by atoms with Crippen molar-refractivity contribution in [3.63, 3.8) is 0 Å². The maximum absolute atomic E-state index is 13.5. The number of nitrogens with one attached hydrogen (secondary N) is 2. The smallest absolute Gasteiger partial charge is 0.225 e. The lowest BCUT2D eigenvalue weighted by Gasteiger charge is -2.34. The number of halogens is 1. The molecule has 0 unspecified atom stereocenters. The SMILES string of the molecule is CN1CCN(c2ccc(NC(=O)CCNCc3ccccc3F)cc2)CC1. The Kier molecular flexibility index (Phi) is 6.79. The Labute approximate surface area is 160 Å². The molecule has 1 fully saturated rings. The van der Waals surface area contributed by atoms with Gasteiger partial charge in [-0.05, 0) is 37.4 Å². The predicted octanol–water partition coefficient (Wildman–Crippen LogP) is 2.70. The minimum atomic E-state index is -0.227.